The highest BCUT2D eigenvalue weighted by atomic mass is 16.5. The molecule has 1 N–H and O–H groups in total. The third kappa shape index (κ3) is 4.65. The summed E-state index contributed by atoms with van der Waals surface area (Å²) < 4.78 is 5.20. The van der Waals surface area contributed by atoms with Crippen molar-refractivity contribution < 1.29 is 14.1 Å². The predicted molar refractivity (Wildman–Crippen MR) is 91.7 cm³/mol. The second-order valence-electron chi connectivity index (χ2n) is 6.12. The van der Waals surface area contributed by atoms with Crippen molar-refractivity contribution in [3.8, 4) is 11.3 Å². The first-order chi connectivity index (χ1) is 12.2. The first kappa shape index (κ1) is 17.1. The van der Waals surface area contributed by atoms with E-state index in [0.29, 0.717) is 25.3 Å². The summed E-state index contributed by atoms with van der Waals surface area (Å²) in [4.78, 5) is 30.0. The minimum Gasteiger partial charge on any atom is -0.355 e. The topological polar surface area (TPSA) is 88.3 Å². The maximum absolute atomic E-state index is 12.1. The molecule has 0 aromatic carbocycles. The zero-order valence-corrected chi connectivity index (χ0v) is 14.1. The average Bonchev–Trinajstić information content (AvgIpc) is 3.05. The van der Waals surface area contributed by atoms with Gasteiger partial charge in [0.05, 0.1) is 0 Å². The van der Waals surface area contributed by atoms with Crippen molar-refractivity contribution in [3.63, 3.8) is 0 Å². The maximum atomic E-state index is 12.1. The lowest BCUT2D eigenvalue weighted by Crippen LogP contribution is -2.34. The third-order valence-corrected chi connectivity index (χ3v) is 4.25. The fraction of sp³-hybridized carbons (Fsp3) is 0.444. The number of aromatic nitrogens is 2. The number of rotatable bonds is 6. The number of nitrogens with zero attached hydrogens (tertiary/aromatic N) is 3. The fourth-order valence-electron chi connectivity index (χ4n) is 2.86. The normalized spacial score (nSPS) is 15.0. The quantitative estimate of drug-likeness (QED) is 0.814. The van der Waals surface area contributed by atoms with Gasteiger partial charge in [0.15, 0.2) is 11.5 Å². The van der Waals surface area contributed by atoms with E-state index in [1.54, 1.807) is 24.5 Å². The summed E-state index contributed by atoms with van der Waals surface area (Å²) >= 11 is 0. The molecule has 1 fully saturated rings. The number of hydrogen-bond donors (Lipinski definition) is 1. The van der Waals surface area contributed by atoms with E-state index in [1.165, 1.54) is 0 Å². The Morgan fingerprint density at radius 2 is 2.24 bits per heavy atom. The highest BCUT2D eigenvalue weighted by Gasteiger charge is 2.16. The Balaban J connectivity index is 1.45. The van der Waals surface area contributed by atoms with Gasteiger partial charge in [-0.05, 0) is 31.4 Å². The van der Waals surface area contributed by atoms with Crippen LogP contribution in [-0.2, 0) is 4.79 Å². The van der Waals surface area contributed by atoms with Crippen LogP contribution < -0.4 is 5.32 Å². The number of carbonyl (C=O) groups is 2. The van der Waals surface area contributed by atoms with Gasteiger partial charge in [0.2, 0.25) is 5.91 Å². The van der Waals surface area contributed by atoms with E-state index in [1.807, 2.05) is 11.0 Å². The van der Waals surface area contributed by atoms with Gasteiger partial charge >= 0.3 is 0 Å². The molecule has 132 valence electrons. The van der Waals surface area contributed by atoms with E-state index >= 15 is 0 Å². The molecule has 0 saturated carbocycles. The molecule has 0 spiro atoms. The monoisotopic (exact) mass is 342 g/mol. The maximum Gasteiger partial charge on any atom is 0.273 e. The molecule has 0 bridgehead atoms. The van der Waals surface area contributed by atoms with Crippen LogP contribution in [0.2, 0.25) is 0 Å². The van der Waals surface area contributed by atoms with E-state index in [0.717, 1.165) is 37.8 Å². The van der Waals surface area contributed by atoms with Gasteiger partial charge in [-0.25, -0.2) is 0 Å². The SMILES string of the molecule is O=C(NCCCN1CCCCCC1=O)c1cc(-c2cccnc2)on1. The molecule has 0 radical (unpaired) electrons. The van der Waals surface area contributed by atoms with Crippen molar-refractivity contribution in [2.75, 3.05) is 19.6 Å². The van der Waals surface area contributed by atoms with Crippen molar-refractivity contribution in [1.82, 2.24) is 20.4 Å². The molecule has 25 heavy (non-hydrogen) atoms. The second-order valence-corrected chi connectivity index (χ2v) is 6.12. The molecule has 1 saturated heterocycles. The zero-order valence-electron chi connectivity index (χ0n) is 14.1. The summed E-state index contributed by atoms with van der Waals surface area (Å²) in [6.45, 7) is 2.00. The minimum atomic E-state index is -0.277. The van der Waals surface area contributed by atoms with Crippen LogP contribution in [0.15, 0.2) is 35.1 Å². The van der Waals surface area contributed by atoms with E-state index in [4.69, 9.17) is 4.52 Å². The van der Waals surface area contributed by atoms with Gasteiger partial charge in [-0.3, -0.25) is 14.6 Å². The van der Waals surface area contributed by atoms with Crippen LogP contribution in [0, 0.1) is 0 Å². The molecule has 2 amide bonds. The van der Waals surface area contributed by atoms with Crippen LogP contribution in [-0.4, -0.2) is 46.5 Å². The number of carbonyl (C=O) groups excluding carboxylic acids is 2. The molecule has 7 heteroatoms. The summed E-state index contributed by atoms with van der Waals surface area (Å²) in [5, 5.41) is 6.62. The summed E-state index contributed by atoms with van der Waals surface area (Å²) in [6, 6.07) is 5.24. The van der Waals surface area contributed by atoms with Crippen LogP contribution >= 0.6 is 0 Å². The van der Waals surface area contributed by atoms with Crippen molar-refractivity contribution in [3.05, 3.63) is 36.3 Å². The van der Waals surface area contributed by atoms with Gasteiger partial charge in [0, 0.05) is 50.1 Å². The lowest BCUT2D eigenvalue weighted by molar-refractivity contribution is -0.130. The number of likely N-dealkylation sites (tertiary alicyclic amines) is 1. The predicted octanol–water partition coefficient (Wildman–Crippen LogP) is 2.26. The summed E-state index contributed by atoms with van der Waals surface area (Å²) in [6.07, 6.45) is 7.85. The van der Waals surface area contributed by atoms with Crippen LogP contribution in [0.25, 0.3) is 11.3 Å². The lowest BCUT2D eigenvalue weighted by atomic mass is 10.2. The number of hydrogen-bond acceptors (Lipinski definition) is 5. The number of pyridine rings is 1. The van der Waals surface area contributed by atoms with Crippen molar-refractivity contribution in [1.29, 1.82) is 0 Å². The molecule has 2 aromatic heterocycles. The van der Waals surface area contributed by atoms with Gasteiger partial charge in [-0.1, -0.05) is 11.6 Å². The summed E-state index contributed by atoms with van der Waals surface area (Å²) in [5.74, 6) is 0.455. The molecular weight excluding hydrogens is 320 g/mol. The Hall–Kier alpha value is -2.70. The van der Waals surface area contributed by atoms with Gasteiger partial charge in [-0.2, -0.15) is 0 Å². The molecule has 1 aliphatic rings. The van der Waals surface area contributed by atoms with Crippen LogP contribution in [0.4, 0.5) is 0 Å². The van der Waals surface area contributed by atoms with Gasteiger partial charge in [0.25, 0.3) is 5.91 Å². The number of nitrogens with one attached hydrogen (secondary N) is 1. The van der Waals surface area contributed by atoms with E-state index < -0.39 is 0 Å². The molecule has 2 aromatic rings. The Bertz CT molecular complexity index is 714. The summed E-state index contributed by atoms with van der Waals surface area (Å²) in [5.41, 5.74) is 1.01. The fourth-order valence-corrected chi connectivity index (χ4v) is 2.86. The van der Waals surface area contributed by atoms with Crippen molar-refractivity contribution in [2.24, 2.45) is 0 Å². The first-order valence-electron chi connectivity index (χ1n) is 8.67. The lowest BCUT2D eigenvalue weighted by Gasteiger charge is -2.20. The highest BCUT2D eigenvalue weighted by Crippen LogP contribution is 2.18. The Labute approximate surface area is 146 Å². The molecule has 3 rings (SSSR count). The molecule has 0 atom stereocenters. The van der Waals surface area contributed by atoms with Crippen LogP contribution in [0.5, 0.6) is 0 Å². The molecule has 1 aliphatic heterocycles. The van der Waals surface area contributed by atoms with E-state index in [9.17, 15) is 9.59 Å². The van der Waals surface area contributed by atoms with Gasteiger partial charge < -0.3 is 14.7 Å². The van der Waals surface area contributed by atoms with Gasteiger partial charge in [-0.15, -0.1) is 0 Å². The molecule has 3 heterocycles. The van der Waals surface area contributed by atoms with Crippen molar-refractivity contribution in [2.45, 2.75) is 32.1 Å². The first-order valence-corrected chi connectivity index (χ1v) is 8.67. The van der Waals surface area contributed by atoms with Gasteiger partial charge in [0.1, 0.15) is 0 Å². The smallest absolute Gasteiger partial charge is 0.273 e. The summed E-state index contributed by atoms with van der Waals surface area (Å²) in [7, 11) is 0. The standard InChI is InChI=1S/C18H22N4O3/c23-17-7-2-1-3-10-22(17)11-5-9-20-18(24)15-12-16(25-21-15)14-6-4-8-19-13-14/h4,6,8,12-13H,1-3,5,7,9-11H2,(H,20,24). The Kier molecular flexibility index (Phi) is 5.77. The molecular formula is C18H22N4O3. The molecule has 7 nitrogen and oxygen atoms in total. The van der Waals surface area contributed by atoms with E-state index in [-0.39, 0.29) is 17.5 Å². The zero-order chi connectivity index (χ0) is 17.5. The Morgan fingerprint density at radius 1 is 1.32 bits per heavy atom. The van der Waals surface area contributed by atoms with E-state index in [2.05, 4.69) is 15.5 Å². The highest BCUT2D eigenvalue weighted by molar-refractivity contribution is 5.93. The second kappa shape index (κ2) is 8.41. The van der Waals surface area contributed by atoms with Crippen molar-refractivity contribution >= 4 is 11.8 Å². The largest absolute Gasteiger partial charge is 0.355 e. The van der Waals surface area contributed by atoms with Crippen LogP contribution in [0.3, 0.4) is 0 Å². The average molecular weight is 342 g/mol. The minimum absolute atomic E-state index is 0.224. The molecule has 0 unspecified atom stereocenters. The molecule has 0 aliphatic carbocycles. The Morgan fingerprint density at radius 3 is 3.08 bits per heavy atom. The third-order valence-electron chi connectivity index (χ3n) is 4.25. The van der Waals surface area contributed by atoms with Crippen LogP contribution in [0.1, 0.15) is 42.6 Å². The number of amides is 2.